The van der Waals surface area contributed by atoms with Crippen molar-refractivity contribution in [3.63, 3.8) is 0 Å². The molecule has 1 aliphatic heterocycles. The van der Waals surface area contributed by atoms with Gasteiger partial charge in [0.25, 0.3) is 11.8 Å². The lowest BCUT2D eigenvalue weighted by atomic mass is 9.73. The maximum atomic E-state index is 12.9. The van der Waals surface area contributed by atoms with Crippen LogP contribution in [0.1, 0.15) is 58.8 Å². The Morgan fingerprint density at radius 2 is 2.00 bits per heavy atom. The topological polar surface area (TPSA) is 96.0 Å². The number of nitrogens with zero attached hydrogens (tertiary/aromatic N) is 2. The molecule has 0 bridgehead atoms. The van der Waals surface area contributed by atoms with Crippen LogP contribution in [0, 0.1) is 11.8 Å². The number of carbonyl (C=O) groups excluding carboxylic acids is 4. The van der Waals surface area contributed by atoms with E-state index in [9.17, 15) is 19.2 Å². The number of ether oxygens (including phenoxy) is 1. The van der Waals surface area contributed by atoms with Crippen molar-refractivity contribution < 1.29 is 23.9 Å². The van der Waals surface area contributed by atoms with Crippen LogP contribution >= 0.6 is 0 Å². The van der Waals surface area contributed by atoms with Crippen molar-refractivity contribution >= 4 is 23.8 Å². The second-order valence-corrected chi connectivity index (χ2v) is 8.38. The Kier molecular flexibility index (Phi) is 6.25. The SMILES string of the molecule is CCCN(CC1CC1)C(=O)COC(=O)CN1C(=O)N[C@]2(CCCC[C@@H]2C)C1=O. The van der Waals surface area contributed by atoms with Gasteiger partial charge in [0.2, 0.25) is 0 Å². The normalized spacial score (nSPS) is 27.1. The predicted molar refractivity (Wildman–Crippen MR) is 101 cm³/mol. The molecule has 0 unspecified atom stereocenters. The van der Waals surface area contributed by atoms with E-state index in [1.807, 2.05) is 13.8 Å². The van der Waals surface area contributed by atoms with Crippen LogP contribution in [0.25, 0.3) is 0 Å². The average molecular weight is 393 g/mol. The fraction of sp³-hybridized carbons (Fsp3) is 0.800. The number of urea groups is 1. The molecule has 0 radical (unpaired) electrons. The molecule has 4 amide bonds. The number of rotatable bonds is 8. The molecule has 1 N–H and O–H groups in total. The van der Waals surface area contributed by atoms with E-state index in [-0.39, 0.29) is 24.3 Å². The standard InChI is InChI=1S/C20H31N3O5/c1-3-10-22(11-15-7-8-15)16(24)13-28-17(25)12-23-18(26)20(21-19(23)27)9-5-4-6-14(20)2/h14-15H,3-13H2,1-2H3,(H,21,27)/t14-,20-/m0/s1. The number of amides is 4. The van der Waals surface area contributed by atoms with Crippen molar-refractivity contribution in [3.8, 4) is 0 Å². The lowest BCUT2D eigenvalue weighted by molar-refractivity contribution is -0.154. The minimum atomic E-state index is -0.895. The van der Waals surface area contributed by atoms with E-state index in [1.165, 1.54) is 0 Å². The lowest BCUT2D eigenvalue weighted by Gasteiger charge is -2.36. The van der Waals surface area contributed by atoms with Gasteiger partial charge in [-0.1, -0.05) is 26.7 Å². The molecule has 2 atom stereocenters. The van der Waals surface area contributed by atoms with Gasteiger partial charge in [0.15, 0.2) is 6.61 Å². The maximum absolute atomic E-state index is 12.9. The maximum Gasteiger partial charge on any atom is 0.326 e. The number of hydrogen-bond acceptors (Lipinski definition) is 5. The summed E-state index contributed by atoms with van der Waals surface area (Å²) in [6, 6.07) is -0.552. The van der Waals surface area contributed by atoms with Gasteiger partial charge in [-0.2, -0.15) is 0 Å². The van der Waals surface area contributed by atoms with E-state index in [4.69, 9.17) is 4.74 Å². The van der Waals surface area contributed by atoms with Crippen molar-refractivity contribution in [1.82, 2.24) is 15.1 Å². The number of carbonyl (C=O) groups is 4. The molecule has 3 rings (SSSR count). The highest BCUT2D eigenvalue weighted by atomic mass is 16.5. The quantitative estimate of drug-likeness (QED) is 0.500. The molecule has 2 aliphatic carbocycles. The molecular formula is C20H31N3O5. The van der Waals surface area contributed by atoms with E-state index in [0.29, 0.717) is 25.4 Å². The fourth-order valence-electron chi connectivity index (χ4n) is 4.25. The molecule has 0 aromatic rings. The third-order valence-electron chi connectivity index (χ3n) is 6.17. The summed E-state index contributed by atoms with van der Waals surface area (Å²) in [5.41, 5.74) is -0.895. The summed E-state index contributed by atoms with van der Waals surface area (Å²) in [4.78, 5) is 52.4. The highest BCUT2D eigenvalue weighted by Gasteiger charge is 2.55. The average Bonchev–Trinajstić information content (AvgIpc) is 3.45. The highest BCUT2D eigenvalue weighted by Crippen LogP contribution is 2.38. The summed E-state index contributed by atoms with van der Waals surface area (Å²) in [5, 5.41) is 2.81. The summed E-state index contributed by atoms with van der Waals surface area (Å²) < 4.78 is 5.09. The number of imide groups is 1. The van der Waals surface area contributed by atoms with Gasteiger partial charge in [0.1, 0.15) is 12.1 Å². The molecule has 156 valence electrons. The van der Waals surface area contributed by atoms with E-state index >= 15 is 0 Å². The third-order valence-corrected chi connectivity index (χ3v) is 6.17. The molecule has 2 saturated carbocycles. The Morgan fingerprint density at radius 1 is 1.25 bits per heavy atom. The second-order valence-electron chi connectivity index (χ2n) is 8.38. The molecule has 1 heterocycles. The van der Waals surface area contributed by atoms with Crippen LogP contribution in [0.2, 0.25) is 0 Å². The molecular weight excluding hydrogens is 362 g/mol. The van der Waals surface area contributed by atoms with E-state index < -0.39 is 24.1 Å². The van der Waals surface area contributed by atoms with E-state index in [0.717, 1.165) is 43.4 Å². The van der Waals surface area contributed by atoms with Crippen LogP contribution < -0.4 is 5.32 Å². The van der Waals surface area contributed by atoms with Gasteiger partial charge in [-0.3, -0.25) is 19.3 Å². The zero-order valence-corrected chi connectivity index (χ0v) is 16.9. The Hall–Kier alpha value is -2.12. The van der Waals surface area contributed by atoms with Crippen molar-refractivity contribution in [2.45, 2.75) is 64.3 Å². The summed E-state index contributed by atoms with van der Waals surface area (Å²) in [6.07, 6.45) is 6.49. The molecule has 8 heteroatoms. The lowest BCUT2D eigenvalue weighted by Crippen LogP contribution is -2.54. The predicted octanol–water partition coefficient (Wildman–Crippen LogP) is 1.68. The van der Waals surface area contributed by atoms with Crippen molar-refractivity contribution in [1.29, 1.82) is 0 Å². The zero-order chi connectivity index (χ0) is 20.3. The molecule has 3 aliphatic rings. The minimum absolute atomic E-state index is 0.0327. The van der Waals surface area contributed by atoms with Crippen LogP contribution in [0.15, 0.2) is 0 Å². The smallest absolute Gasteiger partial charge is 0.326 e. The van der Waals surface area contributed by atoms with Gasteiger partial charge in [-0.05, 0) is 43.9 Å². The van der Waals surface area contributed by atoms with Crippen LogP contribution in [-0.4, -0.2) is 65.4 Å². The molecule has 0 aromatic heterocycles. The van der Waals surface area contributed by atoms with Gasteiger partial charge < -0.3 is 15.0 Å². The zero-order valence-electron chi connectivity index (χ0n) is 16.9. The first-order valence-corrected chi connectivity index (χ1v) is 10.4. The highest BCUT2D eigenvalue weighted by molar-refractivity contribution is 6.09. The van der Waals surface area contributed by atoms with Gasteiger partial charge in [-0.25, -0.2) is 4.79 Å². The first-order valence-electron chi connectivity index (χ1n) is 10.4. The molecule has 1 spiro atoms. The second kappa shape index (κ2) is 8.49. The monoisotopic (exact) mass is 393 g/mol. The first-order chi connectivity index (χ1) is 13.4. The Balaban J connectivity index is 1.52. The molecule has 8 nitrogen and oxygen atoms in total. The molecule has 3 fully saturated rings. The van der Waals surface area contributed by atoms with Gasteiger partial charge in [0, 0.05) is 13.1 Å². The van der Waals surface area contributed by atoms with E-state index in [2.05, 4.69) is 5.32 Å². The molecule has 28 heavy (non-hydrogen) atoms. The Bertz CT molecular complexity index is 648. The van der Waals surface area contributed by atoms with Crippen molar-refractivity contribution in [2.24, 2.45) is 11.8 Å². The third kappa shape index (κ3) is 4.31. The largest absolute Gasteiger partial charge is 0.454 e. The van der Waals surface area contributed by atoms with Gasteiger partial charge in [0.05, 0.1) is 0 Å². The summed E-state index contributed by atoms with van der Waals surface area (Å²) >= 11 is 0. The Morgan fingerprint density at radius 3 is 2.64 bits per heavy atom. The van der Waals surface area contributed by atoms with Gasteiger partial charge in [-0.15, -0.1) is 0 Å². The van der Waals surface area contributed by atoms with Crippen LogP contribution in [-0.2, 0) is 19.1 Å². The summed E-state index contributed by atoms with van der Waals surface area (Å²) in [5.74, 6) is -0.720. The summed E-state index contributed by atoms with van der Waals surface area (Å²) in [6.45, 7) is 4.50. The first kappa shape index (κ1) is 20.6. The minimum Gasteiger partial charge on any atom is -0.454 e. The van der Waals surface area contributed by atoms with Gasteiger partial charge >= 0.3 is 12.0 Å². The van der Waals surface area contributed by atoms with E-state index in [1.54, 1.807) is 4.90 Å². The van der Waals surface area contributed by atoms with Crippen LogP contribution in [0.5, 0.6) is 0 Å². The summed E-state index contributed by atoms with van der Waals surface area (Å²) in [7, 11) is 0. The van der Waals surface area contributed by atoms with Crippen LogP contribution in [0.3, 0.4) is 0 Å². The molecule has 0 aromatic carbocycles. The number of esters is 1. The number of hydrogen-bond donors (Lipinski definition) is 1. The van der Waals surface area contributed by atoms with Crippen LogP contribution in [0.4, 0.5) is 4.79 Å². The molecule has 1 saturated heterocycles. The van der Waals surface area contributed by atoms with Crippen molar-refractivity contribution in [2.75, 3.05) is 26.2 Å². The number of nitrogens with one attached hydrogen (secondary N) is 1. The fourth-order valence-corrected chi connectivity index (χ4v) is 4.25. The van der Waals surface area contributed by atoms with Crippen molar-refractivity contribution in [3.05, 3.63) is 0 Å². The Labute approximate surface area is 165 Å².